The number of hydrogen-bond acceptors (Lipinski definition) is 6. The molecule has 0 amide bonds. The molecule has 0 saturated carbocycles. The Hall–Kier alpha value is -2.51. The first-order valence-electron chi connectivity index (χ1n) is 5.86. The number of hydrogen-bond donors (Lipinski definition) is 1. The molecule has 1 aromatic rings. The highest BCUT2D eigenvalue weighted by Gasteiger charge is 2.36. The van der Waals surface area contributed by atoms with E-state index in [0.29, 0.717) is 11.4 Å². The molecular weight excluding hydrogens is 268 g/mol. The van der Waals surface area contributed by atoms with E-state index in [9.17, 15) is 14.9 Å². The maximum absolute atomic E-state index is 11.1. The number of methoxy groups -OCH3 is 2. The van der Waals surface area contributed by atoms with Crippen molar-refractivity contribution in [2.24, 2.45) is 5.92 Å². The fourth-order valence-corrected chi connectivity index (χ4v) is 2.09. The number of nitro benzene ring substituents is 1. The van der Waals surface area contributed by atoms with Crippen molar-refractivity contribution in [3.05, 3.63) is 22.2 Å². The lowest BCUT2D eigenvalue weighted by atomic mass is 9.99. The Morgan fingerprint density at radius 1 is 1.35 bits per heavy atom. The maximum atomic E-state index is 11.1. The highest BCUT2D eigenvalue weighted by Crippen LogP contribution is 2.41. The van der Waals surface area contributed by atoms with Crippen LogP contribution in [-0.2, 0) is 4.79 Å². The molecule has 1 fully saturated rings. The maximum Gasteiger partial charge on any atom is 0.310 e. The van der Waals surface area contributed by atoms with Crippen LogP contribution < -0.4 is 14.4 Å². The molecule has 8 nitrogen and oxygen atoms in total. The van der Waals surface area contributed by atoms with Crippen LogP contribution in [0, 0.1) is 16.0 Å². The molecule has 0 atom stereocenters. The monoisotopic (exact) mass is 282 g/mol. The summed E-state index contributed by atoms with van der Waals surface area (Å²) in [5.41, 5.74) is 0.205. The van der Waals surface area contributed by atoms with Gasteiger partial charge in [-0.25, -0.2) is 0 Å². The van der Waals surface area contributed by atoms with Crippen LogP contribution in [0.1, 0.15) is 0 Å². The van der Waals surface area contributed by atoms with E-state index in [1.165, 1.54) is 26.4 Å². The molecular formula is C12H14N2O6. The summed E-state index contributed by atoms with van der Waals surface area (Å²) in [6, 6.07) is 2.78. The Balaban J connectivity index is 2.36. The summed E-state index contributed by atoms with van der Waals surface area (Å²) >= 11 is 0. The quantitative estimate of drug-likeness (QED) is 0.638. The number of rotatable bonds is 5. The van der Waals surface area contributed by atoms with Crippen LogP contribution in [0.25, 0.3) is 0 Å². The SMILES string of the molecule is COc1cc(N2CC(C(=O)O)C2)c([N+](=O)[O-])cc1OC. The third-order valence-electron chi connectivity index (χ3n) is 3.25. The average Bonchev–Trinajstić information content (AvgIpc) is 2.35. The molecule has 1 heterocycles. The summed E-state index contributed by atoms with van der Waals surface area (Å²) in [4.78, 5) is 23.0. The van der Waals surface area contributed by atoms with Crippen LogP contribution in [-0.4, -0.2) is 43.3 Å². The smallest absolute Gasteiger partial charge is 0.310 e. The molecule has 108 valence electrons. The number of carboxylic acid groups (broad SMARTS) is 1. The predicted octanol–water partition coefficient (Wildman–Crippen LogP) is 1.13. The topological polar surface area (TPSA) is 102 Å². The van der Waals surface area contributed by atoms with Crippen molar-refractivity contribution in [2.75, 3.05) is 32.2 Å². The molecule has 1 aromatic carbocycles. The first-order valence-corrected chi connectivity index (χ1v) is 5.86. The zero-order valence-electron chi connectivity index (χ0n) is 11.0. The highest BCUT2D eigenvalue weighted by atomic mass is 16.6. The van der Waals surface area contributed by atoms with Crippen molar-refractivity contribution in [1.29, 1.82) is 0 Å². The molecule has 0 unspecified atom stereocenters. The van der Waals surface area contributed by atoms with Gasteiger partial charge < -0.3 is 19.5 Å². The number of nitro groups is 1. The lowest BCUT2D eigenvalue weighted by Crippen LogP contribution is -2.50. The second-order valence-electron chi connectivity index (χ2n) is 4.39. The molecule has 1 aliphatic heterocycles. The van der Waals surface area contributed by atoms with Crippen LogP contribution in [0.15, 0.2) is 12.1 Å². The number of aliphatic carboxylic acids is 1. The van der Waals surface area contributed by atoms with Crippen molar-refractivity contribution in [2.45, 2.75) is 0 Å². The number of carbonyl (C=O) groups is 1. The fourth-order valence-electron chi connectivity index (χ4n) is 2.09. The number of carboxylic acids is 1. The third kappa shape index (κ3) is 2.31. The van der Waals surface area contributed by atoms with Crippen molar-refractivity contribution < 1.29 is 24.3 Å². The molecule has 1 N–H and O–H groups in total. The van der Waals surface area contributed by atoms with E-state index in [0.717, 1.165) is 0 Å². The molecule has 0 aliphatic carbocycles. The normalized spacial score (nSPS) is 14.6. The summed E-state index contributed by atoms with van der Waals surface area (Å²) in [6.45, 7) is 0.483. The molecule has 0 aromatic heterocycles. The van der Waals surface area contributed by atoms with Crippen LogP contribution in [0.3, 0.4) is 0 Å². The molecule has 1 aliphatic rings. The van der Waals surface area contributed by atoms with E-state index in [1.54, 1.807) is 4.90 Å². The number of anilines is 1. The summed E-state index contributed by atoms with van der Waals surface area (Å²) in [5, 5.41) is 20.0. The van der Waals surface area contributed by atoms with Gasteiger partial charge >= 0.3 is 5.97 Å². The molecule has 0 bridgehead atoms. The van der Waals surface area contributed by atoms with Gasteiger partial charge in [0.25, 0.3) is 5.69 Å². The van der Waals surface area contributed by atoms with E-state index < -0.39 is 16.8 Å². The van der Waals surface area contributed by atoms with Gasteiger partial charge in [0, 0.05) is 19.2 Å². The van der Waals surface area contributed by atoms with Gasteiger partial charge in [0.05, 0.1) is 31.1 Å². The van der Waals surface area contributed by atoms with Crippen LogP contribution in [0.2, 0.25) is 0 Å². The molecule has 2 rings (SSSR count). The zero-order valence-corrected chi connectivity index (χ0v) is 11.0. The third-order valence-corrected chi connectivity index (χ3v) is 3.25. The molecule has 0 radical (unpaired) electrons. The van der Waals surface area contributed by atoms with Crippen molar-refractivity contribution in [3.8, 4) is 11.5 Å². The van der Waals surface area contributed by atoms with E-state index in [-0.39, 0.29) is 24.5 Å². The molecule has 1 saturated heterocycles. The van der Waals surface area contributed by atoms with E-state index in [4.69, 9.17) is 14.6 Å². The summed E-state index contributed by atoms with van der Waals surface area (Å²) in [6.07, 6.45) is 0. The number of nitrogens with zero attached hydrogens (tertiary/aromatic N) is 2. The number of benzene rings is 1. The largest absolute Gasteiger partial charge is 0.493 e. The van der Waals surface area contributed by atoms with Crippen LogP contribution in [0.5, 0.6) is 11.5 Å². The minimum absolute atomic E-state index is 0.133. The second-order valence-corrected chi connectivity index (χ2v) is 4.39. The van der Waals surface area contributed by atoms with Crippen molar-refractivity contribution in [1.82, 2.24) is 0 Å². The van der Waals surface area contributed by atoms with Gasteiger partial charge in [-0.05, 0) is 0 Å². The van der Waals surface area contributed by atoms with E-state index in [2.05, 4.69) is 0 Å². The summed E-state index contributed by atoms with van der Waals surface area (Å²) in [7, 11) is 2.83. The van der Waals surface area contributed by atoms with Gasteiger partial charge in [0.2, 0.25) is 0 Å². The minimum atomic E-state index is -0.899. The summed E-state index contributed by atoms with van der Waals surface area (Å²) < 4.78 is 10.1. The second kappa shape index (κ2) is 5.24. The van der Waals surface area contributed by atoms with Gasteiger partial charge in [-0.3, -0.25) is 14.9 Å². The van der Waals surface area contributed by atoms with Gasteiger partial charge in [-0.1, -0.05) is 0 Å². The van der Waals surface area contributed by atoms with Gasteiger partial charge in [0.15, 0.2) is 11.5 Å². The molecule has 8 heteroatoms. The van der Waals surface area contributed by atoms with Gasteiger partial charge in [-0.2, -0.15) is 0 Å². The predicted molar refractivity (Wildman–Crippen MR) is 69.5 cm³/mol. The van der Waals surface area contributed by atoms with Gasteiger partial charge in [0.1, 0.15) is 5.69 Å². The van der Waals surface area contributed by atoms with Crippen molar-refractivity contribution in [3.63, 3.8) is 0 Å². The highest BCUT2D eigenvalue weighted by molar-refractivity contribution is 5.77. The van der Waals surface area contributed by atoms with Crippen LogP contribution in [0.4, 0.5) is 11.4 Å². The Kier molecular flexibility index (Phi) is 3.64. The molecule has 20 heavy (non-hydrogen) atoms. The van der Waals surface area contributed by atoms with E-state index in [1.807, 2.05) is 0 Å². The fraction of sp³-hybridized carbons (Fsp3) is 0.417. The summed E-state index contributed by atoms with van der Waals surface area (Å²) in [5.74, 6) is -0.766. The lowest BCUT2D eigenvalue weighted by molar-refractivity contribution is -0.384. The van der Waals surface area contributed by atoms with Crippen molar-refractivity contribution >= 4 is 17.3 Å². The minimum Gasteiger partial charge on any atom is -0.493 e. The standard InChI is InChI=1S/C12H14N2O6/c1-19-10-3-8(13-5-7(6-13)12(15)16)9(14(17)18)4-11(10)20-2/h3-4,7H,5-6H2,1-2H3,(H,15,16). The molecule has 0 spiro atoms. The van der Waals surface area contributed by atoms with E-state index >= 15 is 0 Å². The Morgan fingerprint density at radius 3 is 2.35 bits per heavy atom. The zero-order chi connectivity index (χ0) is 14.9. The number of ether oxygens (including phenoxy) is 2. The van der Waals surface area contributed by atoms with Gasteiger partial charge in [-0.15, -0.1) is 0 Å². The first-order chi connectivity index (χ1) is 9.47. The Labute approximate surface area is 114 Å². The van der Waals surface area contributed by atoms with Crippen LogP contribution >= 0.6 is 0 Å². The Morgan fingerprint density at radius 2 is 1.90 bits per heavy atom. The lowest BCUT2D eigenvalue weighted by Gasteiger charge is -2.38. The average molecular weight is 282 g/mol. The first kappa shape index (κ1) is 13.9. The Bertz CT molecular complexity index is 553.